The summed E-state index contributed by atoms with van der Waals surface area (Å²) >= 11 is 1.52. The Balaban J connectivity index is 1.41. The summed E-state index contributed by atoms with van der Waals surface area (Å²) in [4.78, 5) is 13.3. The Morgan fingerprint density at radius 1 is 1.23 bits per heavy atom. The van der Waals surface area contributed by atoms with Crippen LogP contribution in [-0.4, -0.2) is 31.9 Å². The summed E-state index contributed by atoms with van der Waals surface area (Å²) in [5.74, 6) is 1.08. The molecule has 1 N–H and O–H groups in total. The average molecular weight is 365 g/mol. The van der Waals surface area contributed by atoms with Gasteiger partial charge in [-0.05, 0) is 54.5 Å². The van der Waals surface area contributed by atoms with Crippen molar-refractivity contribution >= 4 is 23.4 Å². The minimum atomic E-state index is -0.0329. The number of anilines is 1. The van der Waals surface area contributed by atoms with E-state index in [0.29, 0.717) is 11.8 Å². The Morgan fingerprint density at radius 2 is 2.04 bits per heavy atom. The number of nitrogens with zero attached hydrogens (tertiary/aromatic N) is 4. The van der Waals surface area contributed by atoms with Crippen molar-refractivity contribution < 1.29 is 4.79 Å². The monoisotopic (exact) mass is 365 g/mol. The second-order valence-electron chi connectivity index (χ2n) is 6.41. The zero-order chi connectivity index (χ0) is 17.9. The summed E-state index contributed by atoms with van der Waals surface area (Å²) in [6.07, 6.45) is 2.23. The molecule has 2 aromatic carbocycles. The molecule has 3 aromatic rings. The molecule has 0 bridgehead atoms. The highest BCUT2D eigenvalue weighted by atomic mass is 32.2. The van der Waals surface area contributed by atoms with Gasteiger partial charge in [0.1, 0.15) is 0 Å². The van der Waals surface area contributed by atoms with Gasteiger partial charge in [0, 0.05) is 16.1 Å². The van der Waals surface area contributed by atoms with Crippen LogP contribution in [0.1, 0.15) is 24.4 Å². The minimum Gasteiger partial charge on any atom is -0.325 e. The molecule has 1 aliphatic rings. The first-order chi connectivity index (χ1) is 12.7. The first kappa shape index (κ1) is 16.8. The van der Waals surface area contributed by atoms with Crippen LogP contribution in [0.25, 0.3) is 11.4 Å². The van der Waals surface area contributed by atoms with Gasteiger partial charge in [0.15, 0.2) is 5.82 Å². The van der Waals surface area contributed by atoms with Crippen LogP contribution in [0, 0.1) is 6.92 Å². The summed E-state index contributed by atoms with van der Waals surface area (Å²) in [5.41, 5.74) is 2.87. The van der Waals surface area contributed by atoms with E-state index < -0.39 is 0 Å². The molecule has 0 spiro atoms. The van der Waals surface area contributed by atoms with E-state index in [-0.39, 0.29) is 5.91 Å². The van der Waals surface area contributed by atoms with E-state index in [4.69, 9.17) is 0 Å². The quantitative estimate of drug-likeness (QED) is 0.674. The molecule has 4 rings (SSSR count). The van der Waals surface area contributed by atoms with Gasteiger partial charge in [-0.3, -0.25) is 4.79 Å². The van der Waals surface area contributed by atoms with Crippen molar-refractivity contribution in [2.75, 3.05) is 11.1 Å². The lowest BCUT2D eigenvalue weighted by molar-refractivity contribution is -0.113. The molecular weight excluding hydrogens is 346 g/mol. The zero-order valence-electron chi connectivity index (χ0n) is 14.4. The number of tetrazole rings is 1. The molecule has 132 valence electrons. The van der Waals surface area contributed by atoms with Gasteiger partial charge in [-0.15, -0.1) is 16.9 Å². The van der Waals surface area contributed by atoms with Crippen molar-refractivity contribution in [1.82, 2.24) is 20.2 Å². The molecule has 0 unspecified atom stereocenters. The number of hydrogen-bond donors (Lipinski definition) is 1. The molecule has 1 saturated carbocycles. The van der Waals surface area contributed by atoms with Gasteiger partial charge in [-0.1, -0.05) is 29.8 Å². The normalized spacial score (nSPS) is 13.6. The Morgan fingerprint density at radius 3 is 2.81 bits per heavy atom. The number of aryl methyl sites for hydroxylation is 1. The Kier molecular flexibility index (Phi) is 4.71. The number of thioether (sulfide) groups is 1. The molecule has 1 aromatic heterocycles. The van der Waals surface area contributed by atoms with Gasteiger partial charge in [-0.25, -0.2) is 4.68 Å². The summed E-state index contributed by atoms with van der Waals surface area (Å²) in [6.45, 7) is 2.05. The Bertz CT molecular complexity index is 918. The third-order valence-electron chi connectivity index (χ3n) is 4.18. The largest absolute Gasteiger partial charge is 0.325 e. The Labute approximate surface area is 156 Å². The molecule has 1 amide bonds. The third kappa shape index (κ3) is 3.94. The van der Waals surface area contributed by atoms with E-state index in [9.17, 15) is 4.79 Å². The lowest BCUT2D eigenvalue weighted by Crippen LogP contribution is -2.14. The number of amides is 1. The maximum atomic E-state index is 12.3. The Hall–Kier alpha value is -2.67. The molecule has 1 fully saturated rings. The van der Waals surface area contributed by atoms with Crippen LogP contribution in [0.3, 0.4) is 0 Å². The SMILES string of the molecule is Cc1ccc(SCC(=O)Nc2cccc(-c3nnnn3C3CC3)c2)cc1. The molecule has 26 heavy (non-hydrogen) atoms. The molecule has 0 saturated heterocycles. The highest BCUT2D eigenvalue weighted by molar-refractivity contribution is 8.00. The van der Waals surface area contributed by atoms with Crippen LogP contribution in [0.5, 0.6) is 0 Å². The number of aromatic nitrogens is 4. The smallest absolute Gasteiger partial charge is 0.234 e. The molecule has 0 aliphatic heterocycles. The maximum Gasteiger partial charge on any atom is 0.234 e. The lowest BCUT2D eigenvalue weighted by Gasteiger charge is -2.08. The van der Waals surface area contributed by atoms with Crippen molar-refractivity contribution in [2.24, 2.45) is 0 Å². The van der Waals surface area contributed by atoms with Gasteiger partial charge in [0.25, 0.3) is 0 Å². The van der Waals surface area contributed by atoms with Gasteiger partial charge < -0.3 is 5.32 Å². The van der Waals surface area contributed by atoms with Crippen LogP contribution in [0.4, 0.5) is 5.69 Å². The number of carbonyl (C=O) groups excluding carboxylic acids is 1. The predicted molar refractivity (Wildman–Crippen MR) is 102 cm³/mol. The first-order valence-electron chi connectivity index (χ1n) is 8.57. The topological polar surface area (TPSA) is 72.7 Å². The van der Waals surface area contributed by atoms with Gasteiger partial charge in [-0.2, -0.15) is 0 Å². The number of nitrogens with one attached hydrogen (secondary N) is 1. The van der Waals surface area contributed by atoms with E-state index >= 15 is 0 Å². The predicted octanol–water partition coefficient (Wildman–Crippen LogP) is 3.71. The summed E-state index contributed by atoms with van der Waals surface area (Å²) in [6, 6.07) is 16.2. The average Bonchev–Trinajstić information content (AvgIpc) is 3.38. The first-order valence-corrected chi connectivity index (χ1v) is 9.55. The number of carbonyl (C=O) groups is 1. The van der Waals surface area contributed by atoms with Crippen LogP contribution < -0.4 is 5.32 Å². The number of hydrogen-bond acceptors (Lipinski definition) is 5. The molecule has 0 atom stereocenters. The molecule has 0 radical (unpaired) electrons. The summed E-state index contributed by atoms with van der Waals surface area (Å²) < 4.78 is 1.87. The number of rotatable bonds is 6. The molecular formula is C19H19N5OS. The van der Waals surface area contributed by atoms with Crippen molar-refractivity contribution in [1.29, 1.82) is 0 Å². The highest BCUT2D eigenvalue weighted by Gasteiger charge is 2.28. The third-order valence-corrected chi connectivity index (χ3v) is 5.19. The second-order valence-corrected chi connectivity index (χ2v) is 7.46. The fourth-order valence-corrected chi connectivity index (χ4v) is 3.36. The van der Waals surface area contributed by atoms with Crippen LogP contribution in [0.15, 0.2) is 53.4 Å². The molecule has 1 aliphatic carbocycles. The van der Waals surface area contributed by atoms with E-state index in [1.165, 1.54) is 17.3 Å². The van der Waals surface area contributed by atoms with E-state index in [0.717, 1.165) is 34.8 Å². The zero-order valence-corrected chi connectivity index (χ0v) is 15.2. The van der Waals surface area contributed by atoms with E-state index in [1.54, 1.807) is 0 Å². The fourth-order valence-electron chi connectivity index (χ4n) is 2.67. The van der Waals surface area contributed by atoms with E-state index in [2.05, 4.69) is 20.8 Å². The molecule has 7 heteroatoms. The van der Waals surface area contributed by atoms with Crippen molar-refractivity contribution in [2.45, 2.75) is 30.7 Å². The van der Waals surface area contributed by atoms with Gasteiger partial charge >= 0.3 is 0 Å². The fraction of sp³-hybridized carbons (Fsp3) is 0.263. The van der Waals surface area contributed by atoms with Crippen LogP contribution in [0.2, 0.25) is 0 Å². The van der Waals surface area contributed by atoms with Crippen LogP contribution >= 0.6 is 11.8 Å². The minimum absolute atomic E-state index is 0.0329. The standard InChI is InChI=1S/C19H19N5OS/c1-13-5-9-17(10-6-13)26-12-18(25)20-15-4-2-3-14(11-15)19-21-22-23-24(19)16-7-8-16/h2-6,9-11,16H,7-8,12H2,1H3,(H,20,25). The van der Waals surface area contributed by atoms with Crippen molar-refractivity contribution in [3.8, 4) is 11.4 Å². The highest BCUT2D eigenvalue weighted by Crippen LogP contribution is 2.36. The van der Waals surface area contributed by atoms with Crippen molar-refractivity contribution in [3.63, 3.8) is 0 Å². The van der Waals surface area contributed by atoms with E-state index in [1.807, 2.05) is 60.1 Å². The van der Waals surface area contributed by atoms with Gasteiger partial charge in [0.05, 0.1) is 11.8 Å². The molecule has 6 nitrogen and oxygen atoms in total. The maximum absolute atomic E-state index is 12.3. The number of benzene rings is 2. The second kappa shape index (κ2) is 7.29. The van der Waals surface area contributed by atoms with Crippen LogP contribution in [-0.2, 0) is 4.79 Å². The summed E-state index contributed by atoms with van der Waals surface area (Å²) in [5, 5.41) is 15.0. The molecule has 1 heterocycles. The summed E-state index contributed by atoms with van der Waals surface area (Å²) in [7, 11) is 0. The lowest BCUT2D eigenvalue weighted by atomic mass is 10.2. The van der Waals surface area contributed by atoms with Crippen molar-refractivity contribution in [3.05, 3.63) is 54.1 Å². The van der Waals surface area contributed by atoms with Gasteiger partial charge in [0.2, 0.25) is 5.91 Å².